The molecule has 2 aromatic carbocycles. The quantitative estimate of drug-likeness (QED) is 0.541. The fraction of sp³-hybridized carbons (Fsp3) is 0.143. The van der Waals surface area contributed by atoms with Gasteiger partial charge in [-0.05, 0) is 36.4 Å². The number of rotatable bonds is 2. The van der Waals surface area contributed by atoms with E-state index in [1.165, 1.54) is 0 Å². The molecule has 0 atom stereocenters. The summed E-state index contributed by atoms with van der Waals surface area (Å²) >= 11 is 1.57. The number of amides is 1. The average molecular weight is 391 g/mol. The Hall–Kier alpha value is -3.32. The van der Waals surface area contributed by atoms with Gasteiger partial charge in [0, 0.05) is 23.9 Å². The molecule has 0 bridgehead atoms. The van der Waals surface area contributed by atoms with Gasteiger partial charge in [0.2, 0.25) is 0 Å². The number of benzene rings is 2. The van der Waals surface area contributed by atoms with E-state index in [0.717, 1.165) is 26.4 Å². The molecule has 5 rings (SSSR count). The number of phenolic OH excluding ortho intramolecular Hbond substituents is 1. The number of H-pyrrole nitrogens is 1. The van der Waals surface area contributed by atoms with Crippen LogP contribution in [0.3, 0.4) is 0 Å². The highest BCUT2D eigenvalue weighted by atomic mass is 32.1. The Morgan fingerprint density at radius 3 is 2.93 bits per heavy atom. The third kappa shape index (κ3) is 2.90. The van der Waals surface area contributed by atoms with Crippen LogP contribution in [0.1, 0.15) is 16.1 Å². The van der Waals surface area contributed by atoms with E-state index in [9.17, 15) is 9.90 Å². The highest BCUT2D eigenvalue weighted by Crippen LogP contribution is 2.39. The summed E-state index contributed by atoms with van der Waals surface area (Å²) in [6.07, 6.45) is 1.73. The lowest BCUT2D eigenvalue weighted by molar-refractivity contribution is 0.0728. The number of thiazole rings is 1. The minimum Gasteiger partial charge on any atom is -0.504 e. The predicted molar refractivity (Wildman–Crippen MR) is 108 cm³/mol. The van der Waals surface area contributed by atoms with Crippen LogP contribution in [0.15, 0.2) is 54.7 Å². The van der Waals surface area contributed by atoms with E-state index in [0.29, 0.717) is 31.1 Å². The van der Waals surface area contributed by atoms with E-state index in [1.807, 2.05) is 30.3 Å². The van der Waals surface area contributed by atoms with Crippen molar-refractivity contribution in [3.63, 3.8) is 0 Å². The summed E-state index contributed by atoms with van der Waals surface area (Å²) < 4.78 is 6.85. The normalized spacial score (nSPS) is 13.8. The van der Waals surface area contributed by atoms with E-state index in [-0.39, 0.29) is 11.7 Å². The average Bonchev–Trinajstić information content (AvgIpc) is 3.33. The number of aromatic amines is 1. The topological polar surface area (TPSA) is 78.5 Å². The molecule has 140 valence electrons. The van der Waals surface area contributed by atoms with Gasteiger partial charge in [-0.2, -0.15) is 0 Å². The molecule has 0 spiro atoms. The lowest BCUT2D eigenvalue weighted by Crippen LogP contribution is -2.32. The summed E-state index contributed by atoms with van der Waals surface area (Å²) in [5.74, 6) is 0.416. The fourth-order valence-corrected chi connectivity index (χ4v) is 4.38. The van der Waals surface area contributed by atoms with Gasteiger partial charge in [-0.1, -0.05) is 12.1 Å². The molecule has 0 unspecified atom stereocenters. The first-order valence-corrected chi connectivity index (χ1v) is 9.78. The largest absolute Gasteiger partial charge is 0.504 e. The first-order valence-electron chi connectivity index (χ1n) is 8.96. The highest BCUT2D eigenvalue weighted by molar-refractivity contribution is 7.21. The molecule has 1 aliphatic heterocycles. The summed E-state index contributed by atoms with van der Waals surface area (Å²) in [4.78, 5) is 22.1. The van der Waals surface area contributed by atoms with Crippen molar-refractivity contribution >= 4 is 27.5 Å². The van der Waals surface area contributed by atoms with Gasteiger partial charge in [-0.3, -0.25) is 4.79 Å². The number of phenols is 1. The lowest BCUT2D eigenvalue weighted by atomic mass is 10.1. The van der Waals surface area contributed by atoms with Gasteiger partial charge in [-0.15, -0.1) is 11.3 Å². The Labute approximate surface area is 165 Å². The Morgan fingerprint density at radius 1 is 1.21 bits per heavy atom. The zero-order chi connectivity index (χ0) is 19.1. The number of hydrogen-bond acceptors (Lipinski definition) is 5. The van der Waals surface area contributed by atoms with Crippen LogP contribution in [0.4, 0.5) is 0 Å². The monoisotopic (exact) mass is 391 g/mol. The Balaban J connectivity index is 1.53. The molecule has 0 fully saturated rings. The van der Waals surface area contributed by atoms with E-state index in [4.69, 9.17) is 4.74 Å². The third-order valence-corrected chi connectivity index (χ3v) is 5.86. The number of nitrogens with one attached hydrogen (secondary N) is 1. The second kappa shape index (κ2) is 6.69. The second-order valence-electron chi connectivity index (χ2n) is 6.63. The third-order valence-electron chi connectivity index (χ3n) is 4.77. The fourth-order valence-electron chi connectivity index (χ4n) is 3.43. The van der Waals surface area contributed by atoms with Gasteiger partial charge >= 0.3 is 0 Å². The maximum Gasteiger partial charge on any atom is 0.270 e. The molecule has 6 nitrogen and oxygen atoms in total. The number of carbonyl (C=O) groups is 1. The minimum atomic E-state index is -0.0914. The van der Waals surface area contributed by atoms with Crippen molar-refractivity contribution in [3.8, 4) is 22.1 Å². The summed E-state index contributed by atoms with van der Waals surface area (Å²) in [5, 5.41) is 11.4. The molecule has 0 saturated carbocycles. The van der Waals surface area contributed by atoms with Crippen molar-refractivity contribution in [2.45, 2.75) is 6.54 Å². The molecule has 28 heavy (non-hydrogen) atoms. The smallest absolute Gasteiger partial charge is 0.270 e. The van der Waals surface area contributed by atoms with Crippen LogP contribution >= 0.6 is 11.3 Å². The van der Waals surface area contributed by atoms with Crippen LogP contribution in [0, 0.1) is 0 Å². The van der Waals surface area contributed by atoms with Crippen molar-refractivity contribution in [1.29, 1.82) is 0 Å². The van der Waals surface area contributed by atoms with Crippen molar-refractivity contribution in [3.05, 3.63) is 66.0 Å². The van der Waals surface area contributed by atoms with Gasteiger partial charge in [0.1, 0.15) is 17.3 Å². The van der Waals surface area contributed by atoms with E-state index >= 15 is 0 Å². The molecule has 3 heterocycles. The van der Waals surface area contributed by atoms with Gasteiger partial charge in [-0.25, -0.2) is 4.98 Å². The Kier molecular flexibility index (Phi) is 4.02. The number of hydrogen-bond donors (Lipinski definition) is 2. The van der Waals surface area contributed by atoms with Crippen molar-refractivity contribution in [2.75, 3.05) is 13.2 Å². The van der Waals surface area contributed by atoms with E-state index in [2.05, 4.69) is 9.97 Å². The van der Waals surface area contributed by atoms with Gasteiger partial charge in [0.25, 0.3) is 5.91 Å². The first kappa shape index (κ1) is 16.8. The van der Waals surface area contributed by atoms with Crippen LogP contribution in [0.2, 0.25) is 0 Å². The van der Waals surface area contributed by atoms with E-state index in [1.54, 1.807) is 40.6 Å². The number of aromatic nitrogens is 2. The summed E-state index contributed by atoms with van der Waals surface area (Å²) in [5.41, 5.74) is 3.05. The molecule has 4 aromatic rings. The maximum absolute atomic E-state index is 12.7. The van der Waals surface area contributed by atoms with Crippen molar-refractivity contribution in [1.82, 2.24) is 14.9 Å². The number of para-hydroxylation sites is 1. The molecule has 0 saturated heterocycles. The Morgan fingerprint density at radius 2 is 2.11 bits per heavy atom. The predicted octanol–water partition coefficient (Wildman–Crippen LogP) is 4.03. The molecule has 0 radical (unpaired) electrons. The van der Waals surface area contributed by atoms with Crippen molar-refractivity contribution in [2.24, 2.45) is 0 Å². The molecule has 1 amide bonds. The lowest BCUT2D eigenvalue weighted by Gasteiger charge is -2.19. The van der Waals surface area contributed by atoms with Crippen LogP contribution in [0.5, 0.6) is 11.5 Å². The second-order valence-corrected chi connectivity index (χ2v) is 7.66. The Bertz CT molecular complexity index is 1130. The SMILES string of the molecule is O=C(c1ccc[nH]1)N1CCOc2c(O)cc(-c3nc4ccccc4s3)cc2C1. The van der Waals surface area contributed by atoms with Gasteiger partial charge < -0.3 is 19.7 Å². The molecule has 0 aliphatic carbocycles. The highest BCUT2D eigenvalue weighted by Gasteiger charge is 2.24. The van der Waals surface area contributed by atoms with Gasteiger partial charge in [0.15, 0.2) is 11.5 Å². The number of ether oxygens (including phenoxy) is 1. The summed E-state index contributed by atoms with van der Waals surface area (Å²) in [7, 11) is 0. The number of aromatic hydroxyl groups is 1. The van der Waals surface area contributed by atoms with Crippen LogP contribution < -0.4 is 4.74 Å². The molecular weight excluding hydrogens is 374 g/mol. The number of carbonyl (C=O) groups excluding carboxylic acids is 1. The van der Waals surface area contributed by atoms with Crippen molar-refractivity contribution < 1.29 is 14.6 Å². The van der Waals surface area contributed by atoms with Crippen LogP contribution in [-0.2, 0) is 6.54 Å². The first-order chi connectivity index (χ1) is 13.7. The maximum atomic E-state index is 12.7. The molecule has 2 N–H and O–H groups in total. The standard InChI is InChI=1S/C21H17N3O3S/c25-17-11-13(20-23-15-4-1-2-6-18(15)28-20)10-14-12-24(8-9-27-19(14)17)21(26)16-5-3-7-22-16/h1-7,10-11,22,25H,8-9,12H2. The summed E-state index contributed by atoms with van der Waals surface area (Å²) in [6.45, 7) is 1.13. The molecular formula is C21H17N3O3S. The molecule has 1 aliphatic rings. The van der Waals surface area contributed by atoms with Gasteiger partial charge in [0.05, 0.1) is 16.8 Å². The zero-order valence-corrected chi connectivity index (χ0v) is 15.7. The van der Waals surface area contributed by atoms with Crippen LogP contribution in [-0.4, -0.2) is 39.0 Å². The number of nitrogens with zero attached hydrogens (tertiary/aromatic N) is 2. The summed E-state index contributed by atoms with van der Waals surface area (Å²) in [6, 6.07) is 15.1. The molecule has 2 aromatic heterocycles. The zero-order valence-electron chi connectivity index (χ0n) is 14.9. The minimum absolute atomic E-state index is 0.0703. The number of fused-ring (bicyclic) bond motifs is 2. The van der Waals surface area contributed by atoms with Crippen LogP contribution in [0.25, 0.3) is 20.8 Å². The van der Waals surface area contributed by atoms with E-state index < -0.39 is 0 Å². The molecule has 7 heteroatoms.